The van der Waals surface area contributed by atoms with Crippen molar-refractivity contribution in [2.45, 2.75) is 23.7 Å². The summed E-state index contributed by atoms with van der Waals surface area (Å²) in [4.78, 5) is 1.71. The van der Waals surface area contributed by atoms with Crippen LogP contribution in [0.2, 0.25) is 5.02 Å². The summed E-state index contributed by atoms with van der Waals surface area (Å²) in [6, 6.07) is 11.3. The van der Waals surface area contributed by atoms with Crippen molar-refractivity contribution < 1.29 is 17.3 Å². The molecule has 1 fully saturated rings. The minimum atomic E-state index is -4.11. The molecule has 1 heterocycles. The number of hydrogen-bond acceptors (Lipinski definition) is 5. The summed E-state index contributed by atoms with van der Waals surface area (Å²) in [5, 5.41) is 7.64. The first-order chi connectivity index (χ1) is 13.3. The fourth-order valence-corrected chi connectivity index (χ4v) is 4.81. The number of para-hydroxylation sites is 1. The number of nitrogens with zero attached hydrogens (tertiary/aromatic N) is 1. The SMILES string of the molecule is COc1c(OS(=O)(=O)c2ccccc2Cl)cccc1C1CCN(C(=N)N)CC1. The molecule has 0 aromatic heterocycles. The molecule has 1 aliphatic rings. The molecule has 28 heavy (non-hydrogen) atoms. The Bertz CT molecular complexity index is 973. The maximum Gasteiger partial charge on any atom is 0.340 e. The molecular formula is C19H22ClN3O4S. The van der Waals surface area contributed by atoms with E-state index in [0.29, 0.717) is 18.8 Å². The van der Waals surface area contributed by atoms with E-state index in [1.165, 1.54) is 19.2 Å². The monoisotopic (exact) mass is 423 g/mol. The van der Waals surface area contributed by atoms with Crippen molar-refractivity contribution in [1.29, 1.82) is 5.41 Å². The number of hydrogen-bond donors (Lipinski definition) is 2. The highest BCUT2D eigenvalue weighted by Gasteiger charge is 2.27. The van der Waals surface area contributed by atoms with Crippen LogP contribution in [0.5, 0.6) is 11.5 Å². The molecule has 0 amide bonds. The Morgan fingerprint density at radius 3 is 2.46 bits per heavy atom. The van der Waals surface area contributed by atoms with Crippen molar-refractivity contribution in [3.63, 3.8) is 0 Å². The number of rotatable bonds is 5. The number of guanidine groups is 1. The van der Waals surface area contributed by atoms with Crippen molar-refractivity contribution in [2.24, 2.45) is 5.73 Å². The Morgan fingerprint density at radius 1 is 1.18 bits per heavy atom. The van der Waals surface area contributed by atoms with E-state index < -0.39 is 10.1 Å². The van der Waals surface area contributed by atoms with Crippen molar-refractivity contribution in [2.75, 3.05) is 20.2 Å². The van der Waals surface area contributed by atoms with Gasteiger partial charge in [-0.15, -0.1) is 0 Å². The second-order valence-corrected chi connectivity index (χ2v) is 8.42. The number of piperidine rings is 1. The van der Waals surface area contributed by atoms with E-state index in [9.17, 15) is 8.42 Å². The highest BCUT2D eigenvalue weighted by molar-refractivity contribution is 7.87. The van der Waals surface area contributed by atoms with Crippen LogP contribution in [-0.2, 0) is 10.1 Å². The fraction of sp³-hybridized carbons (Fsp3) is 0.316. The summed E-state index contributed by atoms with van der Waals surface area (Å²) >= 11 is 6.02. The van der Waals surface area contributed by atoms with E-state index in [0.717, 1.165) is 18.4 Å². The van der Waals surface area contributed by atoms with Crippen molar-refractivity contribution in [3.8, 4) is 11.5 Å². The first-order valence-electron chi connectivity index (χ1n) is 8.78. The molecule has 1 saturated heterocycles. The zero-order valence-electron chi connectivity index (χ0n) is 15.4. The van der Waals surface area contributed by atoms with Gasteiger partial charge in [-0.1, -0.05) is 35.9 Å². The molecule has 0 spiro atoms. The molecule has 0 atom stereocenters. The number of nitrogens with two attached hydrogens (primary N) is 1. The molecule has 0 unspecified atom stereocenters. The minimum Gasteiger partial charge on any atom is -0.492 e. The third-order valence-corrected chi connectivity index (χ3v) is 6.53. The molecule has 9 heteroatoms. The Labute approximate surface area is 169 Å². The lowest BCUT2D eigenvalue weighted by Gasteiger charge is -2.33. The summed E-state index contributed by atoms with van der Waals surface area (Å²) in [7, 11) is -2.62. The maximum absolute atomic E-state index is 12.7. The van der Waals surface area contributed by atoms with Crippen LogP contribution in [0.1, 0.15) is 24.3 Å². The first kappa shape index (κ1) is 20.3. The summed E-state index contributed by atoms with van der Waals surface area (Å²) < 4.78 is 36.3. The van der Waals surface area contributed by atoms with Gasteiger partial charge in [0.2, 0.25) is 0 Å². The highest BCUT2D eigenvalue weighted by Crippen LogP contribution is 2.41. The van der Waals surface area contributed by atoms with Crippen LogP contribution in [0.3, 0.4) is 0 Å². The van der Waals surface area contributed by atoms with E-state index in [4.69, 9.17) is 31.7 Å². The normalized spacial score (nSPS) is 15.3. The van der Waals surface area contributed by atoms with Gasteiger partial charge >= 0.3 is 10.1 Å². The fourth-order valence-electron chi connectivity index (χ4n) is 3.38. The second kappa shape index (κ2) is 8.28. The number of ether oxygens (including phenoxy) is 1. The van der Waals surface area contributed by atoms with Crippen LogP contribution >= 0.6 is 11.6 Å². The van der Waals surface area contributed by atoms with Crippen LogP contribution in [0.15, 0.2) is 47.4 Å². The molecule has 3 N–H and O–H groups in total. The number of likely N-dealkylation sites (tertiary alicyclic amines) is 1. The van der Waals surface area contributed by atoms with Crippen molar-refractivity contribution >= 4 is 27.7 Å². The Morgan fingerprint density at radius 2 is 1.86 bits per heavy atom. The molecule has 1 aliphatic heterocycles. The van der Waals surface area contributed by atoms with Gasteiger partial charge in [0.05, 0.1) is 12.1 Å². The van der Waals surface area contributed by atoms with Crippen LogP contribution in [-0.4, -0.2) is 39.5 Å². The summed E-state index contributed by atoms with van der Waals surface area (Å²) in [5.41, 5.74) is 6.43. The average molecular weight is 424 g/mol. The third kappa shape index (κ3) is 4.18. The zero-order chi connectivity index (χ0) is 20.3. The lowest BCUT2D eigenvalue weighted by Crippen LogP contribution is -2.41. The molecule has 7 nitrogen and oxygen atoms in total. The Hall–Kier alpha value is -2.45. The van der Waals surface area contributed by atoms with Crippen LogP contribution in [0.4, 0.5) is 0 Å². The third-order valence-electron chi connectivity index (χ3n) is 4.79. The van der Waals surface area contributed by atoms with Gasteiger partial charge in [-0.25, -0.2) is 0 Å². The predicted octanol–water partition coefficient (Wildman–Crippen LogP) is 3.19. The van der Waals surface area contributed by atoms with Crippen molar-refractivity contribution in [1.82, 2.24) is 4.90 Å². The molecule has 0 radical (unpaired) electrons. The van der Waals surface area contributed by atoms with Gasteiger partial charge in [-0.3, -0.25) is 5.41 Å². The van der Waals surface area contributed by atoms with Gasteiger partial charge in [-0.2, -0.15) is 8.42 Å². The van der Waals surface area contributed by atoms with Gasteiger partial charge in [0.15, 0.2) is 17.5 Å². The Kier molecular flexibility index (Phi) is 6.00. The Balaban J connectivity index is 1.89. The van der Waals surface area contributed by atoms with E-state index in [1.807, 2.05) is 11.0 Å². The van der Waals surface area contributed by atoms with E-state index in [2.05, 4.69) is 0 Å². The van der Waals surface area contributed by atoms with Gasteiger partial charge < -0.3 is 19.6 Å². The lowest BCUT2D eigenvalue weighted by molar-refractivity contribution is 0.301. The molecule has 0 aliphatic carbocycles. The molecule has 0 saturated carbocycles. The molecule has 2 aromatic rings. The van der Waals surface area contributed by atoms with Crippen LogP contribution in [0, 0.1) is 5.41 Å². The number of nitrogens with one attached hydrogen (secondary N) is 1. The van der Waals surface area contributed by atoms with Gasteiger partial charge in [0, 0.05) is 18.7 Å². The maximum atomic E-state index is 12.7. The molecule has 2 aromatic carbocycles. The largest absolute Gasteiger partial charge is 0.492 e. The van der Waals surface area contributed by atoms with Gasteiger partial charge in [0.25, 0.3) is 0 Å². The zero-order valence-corrected chi connectivity index (χ0v) is 17.0. The topological polar surface area (TPSA) is 106 Å². The number of methoxy groups -OCH3 is 1. The molecule has 150 valence electrons. The summed E-state index contributed by atoms with van der Waals surface area (Å²) in [6.07, 6.45) is 1.55. The molecule has 3 rings (SSSR count). The van der Waals surface area contributed by atoms with Crippen LogP contribution in [0.25, 0.3) is 0 Å². The van der Waals surface area contributed by atoms with Gasteiger partial charge in [-0.05, 0) is 37.0 Å². The molecular weight excluding hydrogens is 402 g/mol. The van der Waals surface area contributed by atoms with E-state index in [-0.39, 0.29) is 27.5 Å². The number of halogens is 1. The second-order valence-electron chi connectivity index (χ2n) is 6.49. The number of benzene rings is 2. The lowest BCUT2D eigenvalue weighted by atomic mass is 9.88. The first-order valence-corrected chi connectivity index (χ1v) is 10.6. The van der Waals surface area contributed by atoms with E-state index >= 15 is 0 Å². The van der Waals surface area contributed by atoms with E-state index in [1.54, 1.807) is 24.3 Å². The van der Waals surface area contributed by atoms with Crippen molar-refractivity contribution in [3.05, 3.63) is 53.1 Å². The standard InChI is InChI=1S/C19H22ClN3O4S/c1-26-18-14(13-9-11-23(12-10-13)19(21)22)5-4-7-16(18)27-28(24,25)17-8-3-2-6-15(17)20/h2-8,13H,9-12H2,1H3,(H3,21,22). The summed E-state index contributed by atoms with van der Waals surface area (Å²) in [5.74, 6) is 0.721. The smallest absolute Gasteiger partial charge is 0.340 e. The predicted molar refractivity (Wildman–Crippen MR) is 108 cm³/mol. The van der Waals surface area contributed by atoms with Gasteiger partial charge in [0.1, 0.15) is 4.90 Å². The minimum absolute atomic E-state index is 0.0633. The molecule has 0 bridgehead atoms. The van der Waals surface area contributed by atoms with Crippen LogP contribution < -0.4 is 14.7 Å². The quantitative estimate of drug-likeness (QED) is 0.434. The summed E-state index contributed by atoms with van der Waals surface area (Å²) in [6.45, 7) is 1.32. The highest BCUT2D eigenvalue weighted by atomic mass is 35.5. The average Bonchev–Trinajstić information content (AvgIpc) is 2.67.